The number of piperidine rings is 1. The van der Waals surface area contributed by atoms with Gasteiger partial charge in [-0.25, -0.2) is 4.98 Å². The molecule has 5 heteroatoms. The molecule has 23 heavy (non-hydrogen) atoms. The highest BCUT2D eigenvalue weighted by molar-refractivity contribution is 7.22. The molecule has 0 N–H and O–H groups in total. The topological polar surface area (TPSA) is 25.4 Å². The molecule has 3 aromatic rings. The zero-order valence-corrected chi connectivity index (χ0v) is 14.2. The highest BCUT2D eigenvalue weighted by Crippen LogP contribution is 2.32. The highest BCUT2D eigenvalue weighted by Gasteiger charge is 2.23. The van der Waals surface area contributed by atoms with Gasteiger partial charge in [-0.1, -0.05) is 47.2 Å². The van der Waals surface area contributed by atoms with Gasteiger partial charge in [0, 0.05) is 25.9 Å². The van der Waals surface area contributed by atoms with E-state index in [4.69, 9.17) is 21.3 Å². The fourth-order valence-corrected chi connectivity index (χ4v) is 4.08. The standard InChI is InChI=1S/C18H17ClN2OS/c19-14-5-1-3-7-16(14)22-13-9-11-21(12-10-13)18-20-15-6-2-4-8-17(15)23-18/h1-8,13H,9-12H2. The Kier molecular flexibility index (Phi) is 4.10. The lowest BCUT2D eigenvalue weighted by molar-refractivity contribution is 0.171. The van der Waals surface area contributed by atoms with Gasteiger partial charge in [0.15, 0.2) is 5.13 Å². The molecule has 0 spiro atoms. The molecule has 1 aliphatic heterocycles. The molecular weight excluding hydrogens is 328 g/mol. The number of para-hydroxylation sites is 2. The van der Waals surface area contributed by atoms with Crippen LogP contribution in [0.3, 0.4) is 0 Å². The molecule has 0 atom stereocenters. The van der Waals surface area contributed by atoms with E-state index in [1.54, 1.807) is 11.3 Å². The molecule has 0 unspecified atom stereocenters. The summed E-state index contributed by atoms with van der Waals surface area (Å²) in [5.41, 5.74) is 1.09. The van der Waals surface area contributed by atoms with Crippen molar-refractivity contribution in [2.75, 3.05) is 18.0 Å². The summed E-state index contributed by atoms with van der Waals surface area (Å²) in [6, 6.07) is 16.0. The first-order valence-electron chi connectivity index (χ1n) is 7.81. The number of hydrogen-bond donors (Lipinski definition) is 0. The van der Waals surface area contributed by atoms with Crippen LogP contribution in [0.4, 0.5) is 5.13 Å². The molecule has 0 radical (unpaired) electrons. The SMILES string of the molecule is Clc1ccccc1OC1CCN(c2nc3ccccc3s2)CC1. The van der Waals surface area contributed by atoms with Crippen molar-refractivity contribution in [1.29, 1.82) is 0 Å². The zero-order valence-electron chi connectivity index (χ0n) is 12.6. The number of aromatic nitrogens is 1. The first-order valence-corrected chi connectivity index (χ1v) is 9.01. The van der Waals surface area contributed by atoms with Gasteiger partial charge in [-0.05, 0) is 24.3 Å². The van der Waals surface area contributed by atoms with Crippen molar-refractivity contribution in [2.45, 2.75) is 18.9 Å². The number of thiazole rings is 1. The van der Waals surface area contributed by atoms with Crippen LogP contribution in [-0.4, -0.2) is 24.2 Å². The van der Waals surface area contributed by atoms with Gasteiger partial charge in [-0.15, -0.1) is 0 Å². The number of benzene rings is 2. The number of anilines is 1. The van der Waals surface area contributed by atoms with Gasteiger partial charge in [-0.2, -0.15) is 0 Å². The van der Waals surface area contributed by atoms with E-state index in [0.717, 1.165) is 42.3 Å². The minimum atomic E-state index is 0.223. The second-order valence-electron chi connectivity index (χ2n) is 5.70. The summed E-state index contributed by atoms with van der Waals surface area (Å²) < 4.78 is 7.30. The van der Waals surface area contributed by atoms with E-state index in [9.17, 15) is 0 Å². The molecule has 0 bridgehead atoms. The summed E-state index contributed by atoms with van der Waals surface area (Å²) in [5.74, 6) is 0.785. The van der Waals surface area contributed by atoms with Gasteiger partial charge >= 0.3 is 0 Å². The smallest absolute Gasteiger partial charge is 0.186 e. The van der Waals surface area contributed by atoms with Crippen molar-refractivity contribution in [1.82, 2.24) is 4.98 Å². The van der Waals surface area contributed by atoms with Crippen LogP contribution in [0, 0.1) is 0 Å². The molecule has 4 rings (SSSR count). The van der Waals surface area contributed by atoms with Crippen LogP contribution in [-0.2, 0) is 0 Å². The van der Waals surface area contributed by atoms with E-state index >= 15 is 0 Å². The summed E-state index contributed by atoms with van der Waals surface area (Å²) in [5, 5.41) is 1.79. The van der Waals surface area contributed by atoms with Crippen LogP contribution in [0.25, 0.3) is 10.2 Å². The average molecular weight is 345 g/mol. The van der Waals surface area contributed by atoms with Crippen LogP contribution in [0.5, 0.6) is 5.75 Å². The number of hydrogen-bond acceptors (Lipinski definition) is 4. The molecule has 1 fully saturated rings. The van der Waals surface area contributed by atoms with Crippen molar-refractivity contribution >= 4 is 38.3 Å². The predicted molar refractivity (Wildman–Crippen MR) is 96.9 cm³/mol. The van der Waals surface area contributed by atoms with E-state index in [1.807, 2.05) is 30.3 Å². The molecule has 118 valence electrons. The Morgan fingerprint density at radius 3 is 2.57 bits per heavy atom. The molecule has 1 aliphatic rings. The Hall–Kier alpha value is -1.78. The maximum absolute atomic E-state index is 6.17. The largest absolute Gasteiger partial charge is 0.489 e. The normalized spacial score (nSPS) is 16.0. The Labute approximate surface area is 144 Å². The Balaban J connectivity index is 1.41. The summed E-state index contributed by atoms with van der Waals surface area (Å²) >= 11 is 7.93. The van der Waals surface area contributed by atoms with Gasteiger partial charge in [0.1, 0.15) is 11.9 Å². The first kappa shape index (κ1) is 14.8. The summed E-state index contributed by atoms with van der Waals surface area (Å²) in [7, 11) is 0. The van der Waals surface area contributed by atoms with Crippen molar-refractivity contribution in [3.8, 4) is 5.75 Å². The van der Waals surface area contributed by atoms with E-state index in [2.05, 4.69) is 23.1 Å². The number of rotatable bonds is 3. The molecular formula is C18H17ClN2OS. The molecule has 2 heterocycles. The lowest BCUT2D eigenvalue weighted by Crippen LogP contribution is -2.38. The fraction of sp³-hybridized carbons (Fsp3) is 0.278. The average Bonchev–Trinajstić information content (AvgIpc) is 3.02. The molecule has 2 aromatic carbocycles. The summed E-state index contributed by atoms with van der Waals surface area (Å²) in [6.45, 7) is 1.93. The van der Waals surface area contributed by atoms with Crippen molar-refractivity contribution in [3.63, 3.8) is 0 Å². The van der Waals surface area contributed by atoms with Gasteiger partial charge in [-0.3, -0.25) is 0 Å². The fourth-order valence-electron chi connectivity index (χ4n) is 2.88. The lowest BCUT2D eigenvalue weighted by Gasteiger charge is -2.32. The van der Waals surface area contributed by atoms with E-state index in [1.165, 1.54) is 4.70 Å². The first-order chi connectivity index (χ1) is 11.3. The van der Waals surface area contributed by atoms with Crippen molar-refractivity contribution in [3.05, 3.63) is 53.6 Å². The molecule has 3 nitrogen and oxygen atoms in total. The minimum Gasteiger partial charge on any atom is -0.489 e. The van der Waals surface area contributed by atoms with Crippen LogP contribution in [0.2, 0.25) is 5.02 Å². The second kappa shape index (κ2) is 6.38. The van der Waals surface area contributed by atoms with Crippen LogP contribution < -0.4 is 9.64 Å². The molecule has 1 aromatic heterocycles. The maximum atomic E-state index is 6.17. The second-order valence-corrected chi connectivity index (χ2v) is 7.12. The van der Waals surface area contributed by atoms with Crippen LogP contribution >= 0.6 is 22.9 Å². The maximum Gasteiger partial charge on any atom is 0.186 e. The van der Waals surface area contributed by atoms with Gasteiger partial charge in [0.25, 0.3) is 0 Å². The number of halogens is 1. The van der Waals surface area contributed by atoms with E-state index in [0.29, 0.717) is 5.02 Å². The van der Waals surface area contributed by atoms with Gasteiger partial charge in [0.05, 0.1) is 15.2 Å². The van der Waals surface area contributed by atoms with Gasteiger partial charge in [0.2, 0.25) is 0 Å². The Morgan fingerprint density at radius 2 is 1.78 bits per heavy atom. The number of nitrogens with zero attached hydrogens (tertiary/aromatic N) is 2. The third-order valence-electron chi connectivity index (χ3n) is 4.13. The quantitative estimate of drug-likeness (QED) is 0.668. The third kappa shape index (κ3) is 3.14. The third-order valence-corrected chi connectivity index (χ3v) is 5.53. The Morgan fingerprint density at radius 1 is 1.04 bits per heavy atom. The summed E-state index contributed by atoms with van der Waals surface area (Å²) in [6.07, 6.45) is 2.20. The predicted octanol–water partition coefficient (Wildman–Crippen LogP) is 5.00. The summed E-state index contributed by atoms with van der Waals surface area (Å²) in [4.78, 5) is 7.10. The monoisotopic (exact) mass is 344 g/mol. The van der Waals surface area contributed by atoms with Crippen molar-refractivity contribution in [2.24, 2.45) is 0 Å². The lowest BCUT2D eigenvalue weighted by atomic mass is 10.1. The molecule has 0 amide bonds. The molecule has 0 aliphatic carbocycles. The van der Waals surface area contributed by atoms with Gasteiger partial charge < -0.3 is 9.64 Å². The van der Waals surface area contributed by atoms with Crippen molar-refractivity contribution < 1.29 is 4.74 Å². The highest BCUT2D eigenvalue weighted by atomic mass is 35.5. The van der Waals surface area contributed by atoms with Crippen LogP contribution in [0.15, 0.2) is 48.5 Å². The number of fused-ring (bicyclic) bond motifs is 1. The van der Waals surface area contributed by atoms with E-state index in [-0.39, 0.29) is 6.10 Å². The van der Waals surface area contributed by atoms with E-state index < -0.39 is 0 Å². The molecule has 1 saturated heterocycles. The minimum absolute atomic E-state index is 0.223. The molecule has 0 saturated carbocycles. The van der Waals surface area contributed by atoms with Crippen LogP contribution in [0.1, 0.15) is 12.8 Å². The number of ether oxygens (including phenoxy) is 1. The zero-order chi connectivity index (χ0) is 15.6. The Bertz CT molecular complexity index is 778.